The van der Waals surface area contributed by atoms with Gasteiger partial charge in [0.1, 0.15) is 6.61 Å². The number of hydrogen-bond acceptors (Lipinski definition) is 4. The van der Waals surface area contributed by atoms with E-state index < -0.39 is 0 Å². The highest BCUT2D eigenvalue weighted by Gasteiger charge is 2.22. The zero-order valence-corrected chi connectivity index (χ0v) is 14.5. The number of hydrogen-bond donors (Lipinski definition) is 1. The van der Waals surface area contributed by atoms with Crippen LogP contribution in [0.2, 0.25) is 0 Å². The summed E-state index contributed by atoms with van der Waals surface area (Å²) < 4.78 is 11.0. The van der Waals surface area contributed by atoms with E-state index in [9.17, 15) is 0 Å². The van der Waals surface area contributed by atoms with Crippen LogP contribution in [0.4, 0.5) is 0 Å². The second kappa shape index (κ2) is 9.03. The summed E-state index contributed by atoms with van der Waals surface area (Å²) in [5, 5.41) is 3.51. The highest BCUT2D eigenvalue weighted by Crippen LogP contribution is 2.29. The van der Waals surface area contributed by atoms with Crippen molar-refractivity contribution in [3.8, 4) is 11.5 Å². The van der Waals surface area contributed by atoms with E-state index in [0.717, 1.165) is 31.1 Å². The molecule has 0 spiro atoms. The Kier molecular flexibility index (Phi) is 7.73. The molecule has 1 heterocycles. The Morgan fingerprint density at radius 3 is 2.82 bits per heavy atom. The van der Waals surface area contributed by atoms with Crippen molar-refractivity contribution in [1.82, 2.24) is 10.2 Å². The summed E-state index contributed by atoms with van der Waals surface area (Å²) in [6, 6.07) is 7.24. The Hall–Kier alpha value is -1.23. The monoisotopic (exact) mass is 326 g/mol. The first-order valence-corrected chi connectivity index (χ1v) is 7.52. The van der Waals surface area contributed by atoms with Crippen molar-refractivity contribution in [3.05, 3.63) is 36.4 Å². The van der Waals surface area contributed by atoms with Crippen LogP contribution in [0, 0.1) is 0 Å². The molecule has 124 valence electrons. The van der Waals surface area contributed by atoms with E-state index in [1.54, 1.807) is 13.2 Å². The number of nitrogens with one attached hydrogen (secondary N) is 1. The lowest BCUT2D eigenvalue weighted by molar-refractivity contribution is 0.138. The van der Waals surface area contributed by atoms with Gasteiger partial charge in [-0.2, -0.15) is 0 Å². The van der Waals surface area contributed by atoms with E-state index in [-0.39, 0.29) is 12.4 Å². The van der Waals surface area contributed by atoms with Crippen molar-refractivity contribution in [2.24, 2.45) is 0 Å². The second-order valence-corrected chi connectivity index (χ2v) is 5.67. The molecule has 2 unspecified atom stereocenters. The molecule has 0 aliphatic carbocycles. The summed E-state index contributed by atoms with van der Waals surface area (Å²) in [6.07, 6.45) is 1.73. The van der Waals surface area contributed by atoms with E-state index in [0.29, 0.717) is 18.7 Å². The lowest BCUT2D eigenvalue weighted by Gasteiger charge is -2.37. The second-order valence-electron chi connectivity index (χ2n) is 5.67. The number of rotatable bonds is 6. The molecule has 1 saturated heterocycles. The minimum atomic E-state index is 0. The van der Waals surface area contributed by atoms with Crippen molar-refractivity contribution in [3.63, 3.8) is 0 Å². The first-order valence-electron chi connectivity index (χ1n) is 7.52. The standard InChI is InChI=1S/C17H26N2O2.ClH/c1-5-8-21-16-7-6-15(9-17(16)20-4)12-19-11-13(2)18-10-14(19)3;/h5-7,9,13-14,18H,1,8,10-12H2,2-4H3;1H. The van der Waals surface area contributed by atoms with Crippen LogP contribution >= 0.6 is 12.4 Å². The Balaban J connectivity index is 0.00000242. The van der Waals surface area contributed by atoms with Gasteiger partial charge in [-0.3, -0.25) is 4.90 Å². The smallest absolute Gasteiger partial charge is 0.161 e. The molecule has 22 heavy (non-hydrogen) atoms. The van der Waals surface area contributed by atoms with E-state index in [1.165, 1.54) is 5.56 Å². The van der Waals surface area contributed by atoms with Crippen molar-refractivity contribution in [2.45, 2.75) is 32.5 Å². The van der Waals surface area contributed by atoms with Crippen LogP contribution < -0.4 is 14.8 Å². The van der Waals surface area contributed by atoms with Gasteiger partial charge in [-0.1, -0.05) is 18.7 Å². The number of ether oxygens (including phenoxy) is 2. The Morgan fingerprint density at radius 1 is 1.36 bits per heavy atom. The average molecular weight is 327 g/mol. The fourth-order valence-electron chi connectivity index (χ4n) is 2.63. The predicted molar refractivity (Wildman–Crippen MR) is 93.3 cm³/mol. The number of piperazine rings is 1. The molecule has 1 fully saturated rings. The molecule has 2 rings (SSSR count). The molecule has 0 radical (unpaired) electrons. The zero-order valence-electron chi connectivity index (χ0n) is 13.7. The molecule has 1 N–H and O–H groups in total. The van der Waals surface area contributed by atoms with Crippen molar-refractivity contribution < 1.29 is 9.47 Å². The van der Waals surface area contributed by atoms with Gasteiger partial charge in [0.25, 0.3) is 0 Å². The number of halogens is 1. The van der Waals surface area contributed by atoms with Gasteiger partial charge in [-0.15, -0.1) is 12.4 Å². The minimum Gasteiger partial charge on any atom is -0.493 e. The third-order valence-electron chi connectivity index (χ3n) is 3.86. The Morgan fingerprint density at radius 2 is 2.14 bits per heavy atom. The molecule has 5 heteroatoms. The molecule has 0 bridgehead atoms. The molecule has 1 aliphatic rings. The predicted octanol–water partition coefficient (Wildman–Crippen LogP) is 2.86. The van der Waals surface area contributed by atoms with Crippen LogP contribution in [0.5, 0.6) is 11.5 Å². The fourth-order valence-corrected chi connectivity index (χ4v) is 2.63. The topological polar surface area (TPSA) is 33.7 Å². The minimum absolute atomic E-state index is 0. The summed E-state index contributed by atoms with van der Waals surface area (Å²) in [5.41, 5.74) is 1.25. The normalized spacial score (nSPS) is 21.8. The van der Waals surface area contributed by atoms with Gasteiger partial charge in [0.15, 0.2) is 11.5 Å². The molecule has 4 nitrogen and oxygen atoms in total. The van der Waals surface area contributed by atoms with Crippen molar-refractivity contribution >= 4 is 12.4 Å². The fraction of sp³-hybridized carbons (Fsp3) is 0.529. The van der Waals surface area contributed by atoms with Gasteiger partial charge in [0.05, 0.1) is 7.11 Å². The van der Waals surface area contributed by atoms with Gasteiger partial charge in [-0.05, 0) is 31.5 Å². The maximum Gasteiger partial charge on any atom is 0.161 e. The summed E-state index contributed by atoms with van der Waals surface area (Å²) in [5.74, 6) is 1.55. The Labute approximate surface area is 139 Å². The van der Waals surface area contributed by atoms with Gasteiger partial charge < -0.3 is 14.8 Å². The van der Waals surface area contributed by atoms with Crippen LogP contribution in [-0.4, -0.2) is 43.8 Å². The van der Waals surface area contributed by atoms with Crippen LogP contribution in [-0.2, 0) is 6.54 Å². The third-order valence-corrected chi connectivity index (χ3v) is 3.86. The quantitative estimate of drug-likeness (QED) is 0.815. The summed E-state index contributed by atoms with van der Waals surface area (Å²) >= 11 is 0. The van der Waals surface area contributed by atoms with Gasteiger partial charge in [0, 0.05) is 31.7 Å². The average Bonchev–Trinajstić information content (AvgIpc) is 2.49. The maximum absolute atomic E-state index is 5.59. The molecular weight excluding hydrogens is 300 g/mol. The summed E-state index contributed by atoms with van der Waals surface area (Å²) in [6.45, 7) is 11.7. The van der Waals surface area contributed by atoms with Crippen LogP contribution in [0.25, 0.3) is 0 Å². The largest absolute Gasteiger partial charge is 0.493 e. The third kappa shape index (κ3) is 4.90. The molecule has 1 aromatic carbocycles. The first-order chi connectivity index (χ1) is 10.1. The number of benzene rings is 1. The molecular formula is C17H27ClN2O2. The molecule has 1 aromatic rings. The Bertz CT molecular complexity index is 482. The molecule has 2 atom stereocenters. The summed E-state index contributed by atoms with van der Waals surface area (Å²) in [7, 11) is 1.68. The highest BCUT2D eigenvalue weighted by atomic mass is 35.5. The molecule has 0 aromatic heterocycles. The van der Waals surface area contributed by atoms with Crippen molar-refractivity contribution in [2.75, 3.05) is 26.8 Å². The highest BCUT2D eigenvalue weighted by molar-refractivity contribution is 5.85. The van der Waals surface area contributed by atoms with Crippen LogP contribution in [0.15, 0.2) is 30.9 Å². The molecule has 0 amide bonds. The van der Waals surface area contributed by atoms with Crippen LogP contribution in [0.3, 0.4) is 0 Å². The van der Waals surface area contributed by atoms with E-state index in [1.807, 2.05) is 6.07 Å². The first kappa shape index (κ1) is 18.8. The van der Waals surface area contributed by atoms with E-state index in [4.69, 9.17) is 9.47 Å². The van der Waals surface area contributed by atoms with Crippen LogP contribution in [0.1, 0.15) is 19.4 Å². The maximum atomic E-state index is 5.59. The van der Waals surface area contributed by atoms with Gasteiger partial charge in [-0.25, -0.2) is 0 Å². The van der Waals surface area contributed by atoms with Gasteiger partial charge >= 0.3 is 0 Å². The zero-order chi connectivity index (χ0) is 15.2. The molecule has 1 aliphatic heterocycles. The lowest BCUT2D eigenvalue weighted by Crippen LogP contribution is -2.53. The molecule has 0 saturated carbocycles. The summed E-state index contributed by atoms with van der Waals surface area (Å²) in [4.78, 5) is 2.50. The van der Waals surface area contributed by atoms with E-state index >= 15 is 0 Å². The van der Waals surface area contributed by atoms with Gasteiger partial charge in [0.2, 0.25) is 0 Å². The SMILES string of the molecule is C=CCOc1ccc(CN2CC(C)NCC2C)cc1OC.Cl. The number of nitrogens with zero attached hydrogens (tertiary/aromatic N) is 1. The lowest BCUT2D eigenvalue weighted by atomic mass is 10.1. The van der Waals surface area contributed by atoms with E-state index in [2.05, 4.69) is 42.8 Å². The van der Waals surface area contributed by atoms with Crippen molar-refractivity contribution in [1.29, 1.82) is 0 Å². The number of methoxy groups -OCH3 is 1.